The van der Waals surface area contributed by atoms with E-state index in [1.807, 2.05) is 13.8 Å². The number of aliphatic imine (C=N–C) groups is 1. The summed E-state index contributed by atoms with van der Waals surface area (Å²) < 4.78 is 11.6. The molecule has 0 aliphatic heterocycles. The lowest BCUT2D eigenvalue weighted by atomic mass is 9.94. The molecular weight excluding hydrogens is 467 g/mol. The van der Waals surface area contributed by atoms with Crippen LogP contribution in [0.15, 0.2) is 33.8 Å². The predicted octanol–water partition coefficient (Wildman–Crippen LogP) is 4.55. The third kappa shape index (κ3) is 7.33. The molecule has 0 fully saturated rings. The summed E-state index contributed by atoms with van der Waals surface area (Å²) in [6.07, 6.45) is 1.79. The first-order valence-electron chi connectivity index (χ1n) is 9.53. The molecule has 28 heavy (non-hydrogen) atoms. The number of ether oxygens (including phenoxy) is 1. The van der Waals surface area contributed by atoms with Gasteiger partial charge in [-0.05, 0) is 32.4 Å². The van der Waals surface area contributed by atoms with E-state index >= 15 is 0 Å². The molecule has 1 aromatic carbocycles. The molecule has 1 aromatic heterocycles. The number of benzene rings is 1. The Morgan fingerprint density at radius 3 is 2.57 bits per heavy atom. The number of aromatic nitrogens is 1. The Hall–Kier alpha value is -1.77. The molecule has 7 heteroatoms. The molecule has 0 unspecified atom stereocenters. The Balaban J connectivity index is 0.00000392. The van der Waals surface area contributed by atoms with E-state index in [0.29, 0.717) is 25.6 Å². The molecule has 0 saturated carbocycles. The molecule has 0 radical (unpaired) electrons. The van der Waals surface area contributed by atoms with Crippen molar-refractivity contribution in [3.8, 4) is 5.75 Å². The second kappa shape index (κ2) is 11.3. The number of nitrogens with zero attached hydrogens (tertiary/aromatic N) is 2. The van der Waals surface area contributed by atoms with E-state index < -0.39 is 0 Å². The smallest absolute Gasteiger partial charge is 0.213 e. The van der Waals surface area contributed by atoms with Gasteiger partial charge in [0, 0.05) is 17.5 Å². The molecule has 0 aliphatic rings. The van der Waals surface area contributed by atoms with Crippen molar-refractivity contribution >= 4 is 29.9 Å². The van der Waals surface area contributed by atoms with E-state index in [2.05, 4.69) is 66.5 Å². The third-order valence-corrected chi connectivity index (χ3v) is 3.97. The first-order chi connectivity index (χ1) is 12.8. The Labute approximate surface area is 185 Å². The number of guanidine groups is 1. The van der Waals surface area contributed by atoms with Crippen molar-refractivity contribution in [1.82, 2.24) is 15.6 Å². The fraction of sp³-hybridized carbons (Fsp3) is 0.524. The first kappa shape index (κ1) is 24.3. The van der Waals surface area contributed by atoms with Crippen LogP contribution in [0, 0.1) is 6.92 Å². The van der Waals surface area contributed by atoms with Crippen molar-refractivity contribution in [3.05, 3.63) is 47.2 Å². The van der Waals surface area contributed by atoms with Crippen molar-refractivity contribution in [1.29, 1.82) is 0 Å². The van der Waals surface area contributed by atoms with Crippen molar-refractivity contribution in [3.63, 3.8) is 0 Å². The SMILES string of the molecule is CCNC(=NCc1ccc(C)cc1OCC)NCc1ncc(C(C)(C)C)o1.I. The topological polar surface area (TPSA) is 71.7 Å². The Morgan fingerprint density at radius 1 is 1.21 bits per heavy atom. The Morgan fingerprint density at radius 2 is 1.96 bits per heavy atom. The van der Waals surface area contributed by atoms with Crippen LogP contribution < -0.4 is 15.4 Å². The highest BCUT2D eigenvalue weighted by atomic mass is 127. The summed E-state index contributed by atoms with van der Waals surface area (Å²) in [6.45, 7) is 14.8. The molecule has 0 saturated heterocycles. The van der Waals surface area contributed by atoms with Crippen molar-refractivity contribution in [2.75, 3.05) is 13.2 Å². The summed E-state index contributed by atoms with van der Waals surface area (Å²) in [7, 11) is 0. The van der Waals surface area contributed by atoms with Gasteiger partial charge >= 0.3 is 0 Å². The van der Waals surface area contributed by atoms with Crippen LogP contribution >= 0.6 is 24.0 Å². The van der Waals surface area contributed by atoms with Gasteiger partial charge in [0.2, 0.25) is 5.89 Å². The maximum atomic E-state index is 5.83. The largest absolute Gasteiger partial charge is 0.494 e. The first-order valence-corrected chi connectivity index (χ1v) is 9.53. The fourth-order valence-corrected chi connectivity index (χ4v) is 2.49. The van der Waals surface area contributed by atoms with E-state index in [0.717, 1.165) is 29.6 Å². The van der Waals surface area contributed by atoms with E-state index in [-0.39, 0.29) is 29.4 Å². The van der Waals surface area contributed by atoms with Gasteiger partial charge in [0.15, 0.2) is 5.96 Å². The van der Waals surface area contributed by atoms with Crippen LogP contribution in [0.5, 0.6) is 5.75 Å². The Kier molecular flexibility index (Phi) is 9.78. The van der Waals surface area contributed by atoms with Gasteiger partial charge in [0.05, 0.1) is 25.9 Å². The van der Waals surface area contributed by atoms with Gasteiger partial charge in [-0.15, -0.1) is 24.0 Å². The number of hydrogen-bond donors (Lipinski definition) is 2. The van der Waals surface area contributed by atoms with Gasteiger partial charge in [0.1, 0.15) is 11.5 Å². The highest BCUT2D eigenvalue weighted by molar-refractivity contribution is 14.0. The zero-order valence-corrected chi connectivity index (χ0v) is 20.1. The highest BCUT2D eigenvalue weighted by Crippen LogP contribution is 2.23. The molecule has 6 nitrogen and oxygen atoms in total. The Bertz CT molecular complexity index is 766. The van der Waals surface area contributed by atoms with Crippen molar-refractivity contribution in [2.24, 2.45) is 4.99 Å². The molecule has 2 rings (SSSR count). The van der Waals surface area contributed by atoms with Crippen LogP contribution in [0.2, 0.25) is 0 Å². The van der Waals surface area contributed by atoms with Crippen LogP contribution in [0.25, 0.3) is 0 Å². The average molecular weight is 500 g/mol. The minimum absolute atomic E-state index is 0. The normalized spacial score (nSPS) is 11.7. The lowest BCUT2D eigenvalue weighted by Crippen LogP contribution is -2.36. The molecule has 2 aromatic rings. The number of nitrogens with one attached hydrogen (secondary N) is 2. The van der Waals surface area contributed by atoms with E-state index in [1.165, 1.54) is 5.56 Å². The van der Waals surface area contributed by atoms with Gasteiger partial charge in [-0.3, -0.25) is 0 Å². The minimum atomic E-state index is -0.0506. The highest BCUT2D eigenvalue weighted by Gasteiger charge is 2.19. The third-order valence-electron chi connectivity index (χ3n) is 3.97. The molecule has 2 N–H and O–H groups in total. The summed E-state index contributed by atoms with van der Waals surface area (Å²) in [5.41, 5.74) is 2.19. The molecule has 0 aliphatic carbocycles. The number of hydrogen-bond acceptors (Lipinski definition) is 4. The predicted molar refractivity (Wildman–Crippen MR) is 125 cm³/mol. The average Bonchev–Trinajstić information content (AvgIpc) is 3.08. The van der Waals surface area contributed by atoms with Crippen LogP contribution in [0.4, 0.5) is 0 Å². The van der Waals surface area contributed by atoms with Crippen LogP contribution in [0.3, 0.4) is 0 Å². The van der Waals surface area contributed by atoms with Crippen LogP contribution in [-0.2, 0) is 18.5 Å². The summed E-state index contributed by atoms with van der Waals surface area (Å²) in [4.78, 5) is 9.02. The minimum Gasteiger partial charge on any atom is -0.494 e. The van der Waals surface area contributed by atoms with Gasteiger partial charge in [0.25, 0.3) is 0 Å². The van der Waals surface area contributed by atoms with E-state index in [9.17, 15) is 0 Å². The monoisotopic (exact) mass is 500 g/mol. The maximum Gasteiger partial charge on any atom is 0.213 e. The lowest BCUT2D eigenvalue weighted by Gasteiger charge is -2.14. The lowest BCUT2D eigenvalue weighted by molar-refractivity contribution is 0.336. The second-order valence-corrected chi connectivity index (χ2v) is 7.46. The van der Waals surface area contributed by atoms with Crippen molar-refractivity contribution < 1.29 is 9.15 Å². The van der Waals surface area contributed by atoms with Gasteiger partial charge in [-0.25, -0.2) is 9.98 Å². The van der Waals surface area contributed by atoms with Crippen molar-refractivity contribution in [2.45, 2.75) is 60.0 Å². The van der Waals surface area contributed by atoms with Gasteiger partial charge in [-0.1, -0.05) is 32.9 Å². The number of aryl methyl sites for hydroxylation is 1. The standard InChI is InChI=1S/C21H32N4O2.HI/c1-7-22-20(25-14-19-23-13-18(27-19)21(4,5)6)24-12-16-10-9-15(3)11-17(16)26-8-2;/h9-11,13H,7-8,12,14H2,1-6H3,(H2,22,24,25);1H. The summed E-state index contributed by atoms with van der Waals surface area (Å²) in [6, 6.07) is 6.20. The zero-order valence-electron chi connectivity index (χ0n) is 17.8. The molecule has 0 bridgehead atoms. The summed E-state index contributed by atoms with van der Waals surface area (Å²) in [5.74, 6) is 3.13. The number of rotatable bonds is 7. The van der Waals surface area contributed by atoms with Crippen LogP contribution in [-0.4, -0.2) is 24.1 Å². The molecule has 0 spiro atoms. The van der Waals surface area contributed by atoms with Gasteiger partial charge < -0.3 is 19.8 Å². The molecule has 1 heterocycles. The quantitative estimate of drug-likeness (QED) is 0.332. The maximum absolute atomic E-state index is 5.83. The zero-order chi connectivity index (χ0) is 19.9. The summed E-state index contributed by atoms with van der Waals surface area (Å²) >= 11 is 0. The van der Waals surface area contributed by atoms with Gasteiger partial charge in [-0.2, -0.15) is 0 Å². The molecular formula is C21H33IN4O2. The van der Waals surface area contributed by atoms with E-state index in [1.54, 1.807) is 6.20 Å². The molecule has 0 amide bonds. The molecule has 0 atom stereocenters. The van der Waals surface area contributed by atoms with E-state index in [4.69, 9.17) is 9.15 Å². The number of halogens is 1. The molecule has 156 valence electrons. The summed E-state index contributed by atoms with van der Waals surface area (Å²) in [5, 5.41) is 6.53. The number of oxazole rings is 1. The second-order valence-electron chi connectivity index (χ2n) is 7.46. The van der Waals surface area contributed by atoms with Crippen LogP contribution in [0.1, 0.15) is 57.4 Å². The fourth-order valence-electron chi connectivity index (χ4n) is 2.49.